The largest absolute Gasteiger partial charge is 0.361 e. The van der Waals surface area contributed by atoms with Gasteiger partial charge in [0.15, 0.2) is 5.82 Å². The van der Waals surface area contributed by atoms with Gasteiger partial charge >= 0.3 is 0 Å². The van der Waals surface area contributed by atoms with E-state index in [1.807, 2.05) is 35.4 Å². The predicted octanol–water partition coefficient (Wildman–Crippen LogP) is 1.65. The number of nitrogens with one attached hydrogen (secondary N) is 3. The van der Waals surface area contributed by atoms with Gasteiger partial charge < -0.3 is 20.2 Å². The average molecular weight is 337 g/mol. The molecule has 0 radical (unpaired) electrons. The fraction of sp³-hybridized carbons (Fsp3) is 0.278. The van der Waals surface area contributed by atoms with Crippen LogP contribution in [0.2, 0.25) is 0 Å². The number of amides is 1. The maximum atomic E-state index is 12.7. The lowest BCUT2D eigenvalue weighted by Gasteiger charge is -2.33. The van der Waals surface area contributed by atoms with E-state index in [2.05, 4.69) is 20.3 Å². The number of fused-ring (bicyclic) bond motifs is 1. The zero-order valence-electron chi connectivity index (χ0n) is 13.7. The van der Waals surface area contributed by atoms with E-state index in [4.69, 9.17) is 0 Å². The minimum absolute atomic E-state index is 0.0168. The fourth-order valence-corrected chi connectivity index (χ4v) is 3.40. The third-order valence-electron chi connectivity index (χ3n) is 4.58. The van der Waals surface area contributed by atoms with Crippen molar-refractivity contribution in [3.63, 3.8) is 0 Å². The van der Waals surface area contributed by atoms with E-state index in [1.165, 1.54) is 6.20 Å². The van der Waals surface area contributed by atoms with Crippen molar-refractivity contribution in [1.29, 1.82) is 0 Å². The molecule has 1 amide bonds. The van der Waals surface area contributed by atoms with Crippen molar-refractivity contribution in [2.45, 2.75) is 18.9 Å². The number of aromatic nitrogens is 3. The monoisotopic (exact) mass is 337 g/mol. The van der Waals surface area contributed by atoms with Gasteiger partial charge in [-0.15, -0.1) is 0 Å². The molecule has 7 heteroatoms. The van der Waals surface area contributed by atoms with Crippen LogP contribution in [-0.4, -0.2) is 40.0 Å². The van der Waals surface area contributed by atoms with E-state index in [0.29, 0.717) is 17.9 Å². The summed E-state index contributed by atoms with van der Waals surface area (Å²) in [5, 5.41) is 4.01. The highest BCUT2D eigenvalue weighted by Gasteiger charge is 2.24. The zero-order valence-corrected chi connectivity index (χ0v) is 13.7. The molecule has 1 saturated heterocycles. The lowest BCUT2D eigenvalue weighted by atomic mass is 10.0. The Labute approximate surface area is 144 Å². The number of nitrogens with zero attached hydrogens (tertiary/aromatic N) is 2. The van der Waals surface area contributed by atoms with Crippen molar-refractivity contribution >= 4 is 22.6 Å². The quantitative estimate of drug-likeness (QED) is 0.677. The number of rotatable bonds is 3. The molecule has 4 rings (SSSR count). The topological polar surface area (TPSA) is 93.9 Å². The number of H-pyrrole nitrogens is 2. The lowest BCUT2D eigenvalue weighted by molar-refractivity contribution is 0.0935. The number of piperidine rings is 1. The summed E-state index contributed by atoms with van der Waals surface area (Å²) in [6.45, 7) is 1.34. The summed E-state index contributed by atoms with van der Waals surface area (Å²) >= 11 is 0. The summed E-state index contributed by atoms with van der Waals surface area (Å²) < 4.78 is 0. The van der Waals surface area contributed by atoms with Gasteiger partial charge in [-0.2, -0.15) is 0 Å². The molecule has 1 unspecified atom stereocenters. The number of benzene rings is 1. The van der Waals surface area contributed by atoms with Gasteiger partial charge in [0.2, 0.25) is 0 Å². The highest BCUT2D eigenvalue weighted by Crippen LogP contribution is 2.19. The Morgan fingerprint density at radius 3 is 3.04 bits per heavy atom. The predicted molar refractivity (Wildman–Crippen MR) is 95.9 cm³/mol. The molecule has 1 fully saturated rings. The molecule has 1 aliphatic rings. The van der Waals surface area contributed by atoms with Gasteiger partial charge in [-0.25, -0.2) is 4.98 Å². The second-order valence-corrected chi connectivity index (χ2v) is 6.25. The van der Waals surface area contributed by atoms with Gasteiger partial charge in [0.1, 0.15) is 0 Å². The van der Waals surface area contributed by atoms with Gasteiger partial charge in [0.05, 0.1) is 0 Å². The molecule has 128 valence electrons. The van der Waals surface area contributed by atoms with E-state index >= 15 is 0 Å². The van der Waals surface area contributed by atoms with Crippen molar-refractivity contribution in [3.8, 4) is 0 Å². The molecule has 3 aromatic rings. The number of anilines is 1. The molecule has 0 saturated carbocycles. The van der Waals surface area contributed by atoms with E-state index in [0.717, 1.165) is 30.3 Å². The Balaban J connectivity index is 1.51. The summed E-state index contributed by atoms with van der Waals surface area (Å²) in [6.07, 6.45) is 6.71. The third kappa shape index (κ3) is 3.00. The second-order valence-electron chi connectivity index (χ2n) is 6.25. The van der Waals surface area contributed by atoms with Gasteiger partial charge in [-0.1, -0.05) is 6.07 Å². The average Bonchev–Trinajstić information content (AvgIpc) is 3.11. The van der Waals surface area contributed by atoms with Gasteiger partial charge in [-0.05, 0) is 31.0 Å². The number of carbonyl (C=O) groups is 1. The molecular weight excluding hydrogens is 318 g/mol. The highest BCUT2D eigenvalue weighted by molar-refractivity contribution is 6.06. The Morgan fingerprint density at radius 2 is 2.16 bits per heavy atom. The summed E-state index contributed by atoms with van der Waals surface area (Å²) in [5.41, 5.74) is 1.40. The second kappa shape index (κ2) is 6.43. The molecule has 0 aliphatic carbocycles. The Bertz CT molecular complexity index is 961. The van der Waals surface area contributed by atoms with Crippen molar-refractivity contribution in [3.05, 3.63) is 58.8 Å². The first-order valence-electron chi connectivity index (χ1n) is 8.38. The zero-order chi connectivity index (χ0) is 17.2. The fourth-order valence-electron chi connectivity index (χ4n) is 3.40. The maximum Gasteiger partial charge on any atom is 0.290 e. The molecule has 3 heterocycles. The summed E-state index contributed by atoms with van der Waals surface area (Å²) in [6, 6.07) is 7.54. The van der Waals surface area contributed by atoms with Crippen LogP contribution in [0.25, 0.3) is 10.9 Å². The summed E-state index contributed by atoms with van der Waals surface area (Å²) in [5.74, 6) is 0.321. The Morgan fingerprint density at radius 1 is 1.24 bits per heavy atom. The van der Waals surface area contributed by atoms with Crippen molar-refractivity contribution in [1.82, 2.24) is 20.3 Å². The van der Waals surface area contributed by atoms with Gasteiger partial charge in [-0.3, -0.25) is 9.59 Å². The van der Waals surface area contributed by atoms with E-state index in [1.54, 1.807) is 6.20 Å². The number of aromatic amines is 2. The van der Waals surface area contributed by atoms with Crippen molar-refractivity contribution < 1.29 is 4.79 Å². The molecule has 1 atom stereocenters. The van der Waals surface area contributed by atoms with Crippen LogP contribution in [0, 0.1) is 0 Å². The summed E-state index contributed by atoms with van der Waals surface area (Å²) in [4.78, 5) is 36.5. The van der Waals surface area contributed by atoms with Crippen LogP contribution >= 0.6 is 0 Å². The van der Waals surface area contributed by atoms with Gasteiger partial charge in [0, 0.05) is 54.2 Å². The van der Waals surface area contributed by atoms with Crippen molar-refractivity contribution in [2.75, 3.05) is 18.0 Å². The molecular formula is C18H19N5O2. The van der Waals surface area contributed by atoms with Crippen LogP contribution in [0.5, 0.6) is 0 Å². The van der Waals surface area contributed by atoms with E-state index in [9.17, 15) is 9.59 Å². The molecule has 25 heavy (non-hydrogen) atoms. The number of hydrogen-bond donors (Lipinski definition) is 3. The molecule has 0 bridgehead atoms. The van der Waals surface area contributed by atoms with Gasteiger partial charge in [0.25, 0.3) is 11.5 Å². The molecule has 3 N–H and O–H groups in total. The first-order valence-corrected chi connectivity index (χ1v) is 8.38. The minimum Gasteiger partial charge on any atom is -0.361 e. The lowest BCUT2D eigenvalue weighted by Crippen LogP contribution is -2.49. The van der Waals surface area contributed by atoms with Crippen LogP contribution in [0.1, 0.15) is 23.2 Å². The first-order chi connectivity index (χ1) is 12.2. The summed E-state index contributed by atoms with van der Waals surface area (Å²) in [7, 11) is 0. The third-order valence-corrected chi connectivity index (χ3v) is 4.58. The Kier molecular flexibility index (Phi) is 3.97. The first kappa shape index (κ1) is 15.4. The standard InChI is InChI=1S/C18H19N5O2/c24-17(14-4-1-5-15-13(14)6-7-19-15)22-12-3-2-10-23(11-12)16-18(25)21-9-8-20-16/h1,4-9,12,19H,2-3,10-11H2,(H,21,25)(H,22,24). The molecule has 2 aromatic heterocycles. The number of carbonyl (C=O) groups excluding carboxylic acids is 1. The molecule has 7 nitrogen and oxygen atoms in total. The minimum atomic E-state index is -0.202. The van der Waals surface area contributed by atoms with Crippen LogP contribution in [0.3, 0.4) is 0 Å². The normalized spacial score (nSPS) is 17.6. The van der Waals surface area contributed by atoms with Crippen LogP contribution in [0.4, 0.5) is 5.82 Å². The van der Waals surface area contributed by atoms with E-state index in [-0.39, 0.29) is 17.5 Å². The SMILES string of the molecule is O=C(NC1CCCN(c2ncc[nH]c2=O)C1)c1cccc2[nH]ccc12. The van der Waals surface area contributed by atoms with E-state index < -0.39 is 0 Å². The van der Waals surface area contributed by atoms with Crippen LogP contribution < -0.4 is 15.8 Å². The van der Waals surface area contributed by atoms with Crippen LogP contribution in [-0.2, 0) is 0 Å². The van der Waals surface area contributed by atoms with Crippen molar-refractivity contribution in [2.24, 2.45) is 0 Å². The number of hydrogen-bond acceptors (Lipinski definition) is 4. The molecule has 1 aliphatic heterocycles. The molecule has 1 aromatic carbocycles. The highest BCUT2D eigenvalue weighted by atomic mass is 16.1. The van der Waals surface area contributed by atoms with Crippen LogP contribution in [0.15, 0.2) is 47.7 Å². The Hall–Kier alpha value is -3.09. The smallest absolute Gasteiger partial charge is 0.290 e. The maximum absolute atomic E-state index is 12.7. The molecule has 0 spiro atoms.